The average Bonchev–Trinajstić information content (AvgIpc) is 3.37. The van der Waals surface area contributed by atoms with Crippen molar-refractivity contribution in [2.75, 3.05) is 6.26 Å². The van der Waals surface area contributed by atoms with Crippen molar-refractivity contribution in [2.24, 2.45) is 5.92 Å². The summed E-state index contributed by atoms with van der Waals surface area (Å²) in [5.74, 6) is 0.679. The van der Waals surface area contributed by atoms with Gasteiger partial charge in [-0.15, -0.1) is 0 Å². The second kappa shape index (κ2) is 12.2. The van der Waals surface area contributed by atoms with Gasteiger partial charge in [0.05, 0.1) is 18.1 Å². The summed E-state index contributed by atoms with van der Waals surface area (Å²) in [6, 6.07) is 9.53. The number of amides is 2. The maximum absolute atomic E-state index is 12.5. The first kappa shape index (κ1) is 28.1. The molecule has 3 aromatic rings. The third-order valence-corrected chi connectivity index (χ3v) is 5.97. The van der Waals surface area contributed by atoms with Crippen LogP contribution >= 0.6 is 0 Å². The van der Waals surface area contributed by atoms with E-state index in [1.54, 1.807) is 6.07 Å². The fraction of sp³-hybridized carbons (Fsp3) is 0.440. The summed E-state index contributed by atoms with van der Waals surface area (Å²) in [6.45, 7) is 6.09. The lowest BCUT2D eigenvalue weighted by Crippen LogP contribution is -2.34. The molecule has 0 saturated heterocycles. The zero-order chi connectivity index (χ0) is 27.2. The highest BCUT2D eigenvalue weighted by Gasteiger charge is 2.29. The van der Waals surface area contributed by atoms with Crippen LogP contribution in [0.1, 0.15) is 67.5 Å². The molecule has 11 nitrogen and oxygen atoms in total. The number of oxazole rings is 1. The maximum Gasteiger partial charge on any atom is 0.288 e. The highest BCUT2D eigenvalue weighted by Crippen LogP contribution is 2.32. The molecule has 0 radical (unpaired) electrons. The molecule has 37 heavy (non-hydrogen) atoms. The molecule has 1 saturated carbocycles. The third-order valence-electron chi connectivity index (χ3n) is 5.97. The summed E-state index contributed by atoms with van der Waals surface area (Å²) >= 11 is 0. The van der Waals surface area contributed by atoms with Crippen molar-refractivity contribution in [2.45, 2.75) is 58.5 Å². The number of hydrogen-bond acceptors (Lipinski definition) is 7. The molecule has 1 aliphatic rings. The fourth-order valence-electron chi connectivity index (χ4n) is 3.66. The van der Waals surface area contributed by atoms with Gasteiger partial charge in [0.2, 0.25) is 11.7 Å². The lowest BCUT2D eigenvalue weighted by molar-refractivity contribution is 0.0905. The van der Waals surface area contributed by atoms with E-state index in [4.69, 9.17) is 8.97 Å². The van der Waals surface area contributed by atoms with Crippen LogP contribution < -0.4 is 10.6 Å². The van der Waals surface area contributed by atoms with Crippen LogP contribution in [0.4, 0.5) is 0 Å². The molecule has 1 atom stereocenters. The molecule has 1 fully saturated rings. The van der Waals surface area contributed by atoms with Crippen molar-refractivity contribution in [1.82, 2.24) is 25.8 Å². The van der Waals surface area contributed by atoms with Crippen molar-refractivity contribution < 1.29 is 27.0 Å². The van der Waals surface area contributed by atoms with Gasteiger partial charge in [-0.1, -0.05) is 26.0 Å². The molecule has 12 heteroatoms. The standard InChI is InChI=1S/C24H29N5O3.CH4O3S/c1-4-18(5-2)27-23(31)21-13-25-24(32-21)17-8-6-7-16(11-17)19-12-20(29-28-19)22(30)26-14(3)15-9-10-15;1-5(2,3)4/h6-8,11-15,18H,4-5,9-10H2,1-3H3,(H,26,30)(H,27,31)(H,28,29);1H3,(H,2,3,4)/t14-;/m0./s1. The number of nitrogens with zero attached hydrogens (tertiary/aromatic N) is 2. The van der Waals surface area contributed by atoms with E-state index in [1.807, 2.05) is 45.0 Å². The number of H-pyrrole nitrogens is 1. The molecule has 200 valence electrons. The van der Waals surface area contributed by atoms with Crippen LogP contribution in [0, 0.1) is 5.92 Å². The van der Waals surface area contributed by atoms with Gasteiger partial charge in [-0.05, 0) is 56.7 Å². The van der Waals surface area contributed by atoms with E-state index in [2.05, 4.69) is 25.8 Å². The molecule has 1 aliphatic carbocycles. The minimum atomic E-state index is -3.67. The van der Waals surface area contributed by atoms with Gasteiger partial charge >= 0.3 is 0 Å². The number of hydrogen-bond donors (Lipinski definition) is 4. The number of carbonyl (C=O) groups is 2. The normalized spacial score (nSPS) is 14.0. The summed E-state index contributed by atoms with van der Waals surface area (Å²) < 4.78 is 31.6. The molecule has 4 rings (SSSR count). The van der Waals surface area contributed by atoms with Gasteiger partial charge in [-0.2, -0.15) is 13.5 Å². The Morgan fingerprint density at radius 3 is 2.41 bits per heavy atom. The van der Waals surface area contributed by atoms with E-state index >= 15 is 0 Å². The van der Waals surface area contributed by atoms with Crippen LogP contribution in [0.5, 0.6) is 0 Å². The summed E-state index contributed by atoms with van der Waals surface area (Å²) in [7, 11) is -3.67. The van der Waals surface area contributed by atoms with Crippen LogP contribution in [0.2, 0.25) is 0 Å². The smallest absolute Gasteiger partial charge is 0.288 e. The van der Waals surface area contributed by atoms with Gasteiger partial charge in [0, 0.05) is 23.2 Å². The lowest BCUT2D eigenvalue weighted by atomic mass is 10.1. The Labute approximate surface area is 216 Å². The molecule has 4 N–H and O–H groups in total. The molecule has 2 heterocycles. The predicted octanol–water partition coefficient (Wildman–Crippen LogP) is 3.68. The number of rotatable bonds is 9. The molecule has 1 aromatic carbocycles. The quantitative estimate of drug-likeness (QED) is 0.303. The van der Waals surface area contributed by atoms with E-state index in [0.717, 1.165) is 24.0 Å². The molecule has 2 aromatic heterocycles. The van der Waals surface area contributed by atoms with E-state index in [9.17, 15) is 18.0 Å². The van der Waals surface area contributed by atoms with Crippen molar-refractivity contribution in [1.29, 1.82) is 0 Å². The molecule has 0 bridgehead atoms. The molecular weight excluding hydrogens is 498 g/mol. The monoisotopic (exact) mass is 531 g/mol. The lowest BCUT2D eigenvalue weighted by Gasteiger charge is -2.12. The van der Waals surface area contributed by atoms with Crippen LogP contribution in [0.15, 0.2) is 40.9 Å². The topological polar surface area (TPSA) is 167 Å². The molecule has 0 aliphatic heterocycles. The van der Waals surface area contributed by atoms with Crippen molar-refractivity contribution in [3.8, 4) is 22.7 Å². The van der Waals surface area contributed by atoms with E-state index in [1.165, 1.54) is 19.0 Å². The minimum Gasteiger partial charge on any atom is -0.431 e. The first-order valence-electron chi connectivity index (χ1n) is 12.1. The number of nitrogens with one attached hydrogen (secondary N) is 3. The first-order valence-corrected chi connectivity index (χ1v) is 14.0. The Kier molecular flexibility index (Phi) is 9.22. The minimum absolute atomic E-state index is 0.110. The summed E-state index contributed by atoms with van der Waals surface area (Å²) in [4.78, 5) is 29.1. The molecule has 0 spiro atoms. The molecular formula is C25H33N5O6S. The van der Waals surface area contributed by atoms with Crippen LogP contribution in [-0.4, -0.2) is 58.3 Å². The Morgan fingerprint density at radius 2 is 1.78 bits per heavy atom. The van der Waals surface area contributed by atoms with Crippen molar-refractivity contribution in [3.05, 3.63) is 48.0 Å². The van der Waals surface area contributed by atoms with Gasteiger partial charge in [0.15, 0.2) is 5.69 Å². The number of carbonyl (C=O) groups excluding carboxylic acids is 2. The van der Waals surface area contributed by atoms with Gasteiger partial charge in [-0.25, -0.2) is 4.98 Å². The third kappa shape index (κ3) is 8.53. The van der Waals surface area contributed by atoms with Gasteiger partial charge in [0.25, 0.3) is 21.9 Å². The zero-order valence-corrected chi connectivity index (χ0v) is 22.1. The van der Waals surface area contributed by atoms with Crippen molar-refractivity contribution in [3.63, 3.8) is 0 Å². The second-order valence-corrected chi connectivity index (χ2v) is 10.6. The predicted molar refractivity (Wildman–Crippen MR) is 138 cm³/mol. The van der Waals surface area contributed by atoms with Gasteiger partial charge in [0.1, 0.15) is 0 Å². The summed E-state index contributed by atoms with van der Waals surface area (Å²) in [6.07, 6.45) is 6.21. The van der Waals surface area contributed by atoms with E-state index < -0.39 is 10.1 Å². The fourth-order valence-corrected chi connectivity index (χ4v) is 3.66. The second-order valence-electron chi connectivity index (χ2n) is 9.10. The highest BCUT2D eigenvalue weighted by molar-refractivity contribution is 7.85. The average molecular weight is 532 g/mol. The number of aromatic amines is 1. The largest absolute Gasteiger partial charge is 0.431 e. The summed E-state index contributed by atoms with van der Waals surface area (Å²) in [5, 5.41) is 13.1. The van der Waals surface area contributed by atoms with Crippen LogP contribution in [0.25, 0.3) is 22.7 Å². The molecule has 0 unspecified atom stereocenters. The first-order chi connectivity index (χ1) is 17.5. The maximum atomic E-state index is 12.5. The van der Waals surface area contributed by atoms with Crippen LogP contribution in [0.3, 0.4) is 0 Å². The zero-order valence-electron chi connectivity index (χ0n) is 21.3. The van der Waals surface area contributed by atoms with E-state index in [0.29, 0.717) is 29.5 Å². The van der Waals surface area contributed by atoms with Gasteiger partial charge in [-0.3, -0.25) is 19.2 Å². The van der Waals surface area contributed by atoms with Crippen LogP contribution in [-0.2, 0) is 10.1 Å². The Balaban J connectivity index is 0.000000695. The Morgan fingerprint density at radius 1 is 1.14 bits per heavy atom. The Hall–Kier alpha value is -3.51. The Bertz CT molecular complexity index is 1250. The number of benzene rings is 1. The highest BCUT2D eigenvalue weighted by atomic mass is 32.2. The van der Waals surface area contributed by atoms with Gasteiger partial charge < -0.3 is 15.1 Å². The SMILES string of the molecule is CCC(CC)NC(=O)c1cnc(-c2cccc(-c3cc(C(=O)N[C@@H](C)C4CC4)n[nH]3)c2)o1.CS(=O)(=O)O. The molecule has 2 amide bonds. The number of aromatic nitrogens is 3. The van der Waals surface area contributed by atoms with Crippen molar-refractivity contribution >= 4 is 21.9 Å². The summed E-state index contributed by atoms with van der Waals surface area (Å²) in [5.41, 5.74) is 2.64. The van der Waals surface area contributed by atoms with E-state index in [-0.39, 0.29) is 29.7 Å².